The number of nitrogens with zero attached hydrogens (tertiary/aromatic N) is 3. The van der Waals surface area contributed by atoms with E-state index in [0.29, 0.717) is 28.5 Å². The highest BCUT2D eigenvalue weighted by molar-refractivity contribution is 6.04. The molecule has 33 heavy (non-hydrogen) atoms. The second-order valence-corrected chi connectivity index (χ2v) is 9.23. The summed E-state index contributed by atoms with van der Waals surface area (Å²) >= 11 is 0. The van der Waals surface area contributed by atoms with Crippen molar-refractivity contribution in [2.24, 2.45) is 0 Å². The molecular formula is C25H27N5O3. The predicted molar refractivity (Wildman–Crippen MR) is 127 cm³/mol. The van der Waals surface area contributed by atoms with Crippen molar-refractivity contribution >= 4 is 11.7 Å². The van der Waals surface area contributed by atoms with Crippen molar-refractivity contribution < 1.29 is 9.21 Å². The van der Waals surface area contributed by atoms with Gasteiger partial charge in [0.2, 0.25) is 5.95 Å². The van der Waals surface area contributed by atoms with Gasteiger partial charge in [-0.1, -0.05) is 46.8 Å². The molecule has 0 saturated carbocycles. The number of benzene rings is 1. The Hall–Kier alpha value is -3.94. The third kappa shape index (κ3) is 4.79. The number of amides is 1. The molecule has 0 bridgehead atoms. The van der Waals surface area contributed by atoms with Crippen molar-refractivity contribution in [3.63, 3.8) is 0 Å². The lowest BCUT2D eigenvalue weighted by Gasteiger charge is -2.19. The van der Waals surface area contributed by atoms with Crippen LogP contribution in [0.5, 0.6) is 0 Å². The van der Waals surface area contributed by atoms with Gasteiger partial charge in [-0.2, -0.15) is 9.78 Å². The summed E-state index contributed by atoms with van der Waals surface area (Å²) in [7, 11) is 0. The summed E-state index contributed by atoms with van der Waals surface area (Å²) in [4.78, 5) is 32.5. The molecule has 0 aliphatic heterocycles. The Morgan fingerprint density at radius 3 is 2.45 bits per heavy atom. The number of rotatable bonds is 5. The number of H-pyrrole nitrogens is 1. The lowest BCUT2D eigenvalue weighted by atomic mass is 9.87. The van der Waals surface area contributed by atoms with Crippen molar-refractivity contribution in [3.05, 3.63) is 82.0 Å². The van der Waals surface area contributed by atoms with Crippen LogP contribution in [0, 0.1) is 0 Å². The average molecular weight is 446 g/mol. The molecule has 0 aliphatic carbocycles. The largest absolute Gasteiger partial charge is 0.463 e. The number of anilines is 1. The van der Waals surface area contributed by atoms with E-state index in [2.05, 4.69) is 41.2 Å². The van der Waals surface area contributed by atoms with Crippen molar-refractivity contribution in [2.75, 3.05) is 5.32 Å². The third-order valence-electron chi connectivity index (χ3n) is 5.28. The number of carbonyl (C=O) groups excluding carboxylic acids is 1. The number of hydrogen-bond donors (Lipinski definition) is 2. The van der Waals surface area contributed by atoms with E-state index in [1.54, 1.807) is 36.6 Å². The Kier molecular flexibility index (Phi) is 5.76. The van der Waals surface area contributed by atoms with Gasteiger partial charge in [0, 0.05) is 17.7 Å². The van der Waals surface area contributed by atoms with Crippen LogP contribution >= 0.6 is 0 Å². The van der Waals surface area contributed by atoms with Gasteiger partial charge in [0.15, 0.2) is 5.76 Å². The van der Waals surface area contributed by atoms with Gasteiger partial charge in [-0.15, -0.1) is 0 Å². The number of carbonyl (C=O) groups is 1. The molecular weight excluding hydrogens is 418 g/mol. The summed E-state index contributed by atoms with van der Waals surface area (Å²) in [6.45, 7) is 10.3. The molecule has 0 fully saturated rings. The van der Waals surface area contributed by atoms with E-state index in [-0.39, 0.29) is 28.7 Å². The summed E-state index contributed by atoms with van der Waals surface area (Å²) in [5, 5.41) is 7.42. The van der Waals surface area contributed by atoms with E-state index in [1.165, 1.54) is 10.7 Å². The quantitative estimate of drug-likeness (QED) is 0.455. The van der Waals surface area contributed by atoms with E-state index < -0.39 is 0 Å². The maximum Gasteiger partial charge on any atom is 0.256 e. The smallest absolute Gasteiger partial charge is 0.256 e. The lowest BCUT2D eigenvalue weighted by Crippen LogP contribution is -2.20. The zero-order chi connectivity index (χ0) is 23.8. The minimum absolute atomic E-state index is 0.00938. The predicted octanol–water partition coefficient (Wildman–Crippen LogP) is 4.89. The molecule has 0 unspecified atom stereocenters. The van der Waals surface area contributed by atoms with Crippen LogP contribution in [0.1, 0.15) is 62.2 Å². The molecule has 2 N–H and O–H groups in total. The van der Waals surface area contributed by atoms with Crippen LogP contribution in [-0.4, -0.2) is 25.7 Å². The Labute approximate surface area is 191 Å². The fourth-order valence-corrected chi connectivity index (χ4v) is 3.35. The molecule has 8 heteroatoms. The van der Waals surface area contributed by atoms with Gasteiger partial charge in [0.1, 0.15) is 11.5 Å². The van der Waals surface area contributed by atoms with E-state index in [1.807, 2.05) is 26.0 Å². The Morgan fingerprint density at radius 2 is 1.85 bits per heavy atom. The molecule has 3 aromatic heterocycles. The van der Waals surface area contributed by atoms with Gasteiger partial charge in [-0.25, -0.2) is 4.98 Å². The fraction of sp³-hybridized carbons (Fsp3) is 0.280. The second-order valence-electron chi connectivity index (χ2n) is 9.23. The van der Waals surface area contributed by atoms with E-state index >= 15 is 0 Å². The fourth-order valence-electron chi connectivity index (χ4n) is 3.35. The Morgan fingerprint density at radius 1 is 1.12 bits per heavy atom. The van der Waals surface area contributed by atoms with Crippen LogP contribution in [0.3, 0.4) is 0 Å². The molecule has 1 aromatic carbocycles. The Bertz CT molecular complexity index is 1320. The number of hydrogen-bond acceptors (Lipinski definition) is 5. The van der Waals surface area contributed by atoms with Gasteiger partial charge < -0.3 is 9.73 Å². The van der Waals surface area contributed by atoms with Gasteiger partial charge in [-0.3, -0.25) is 14.6 Å². The van der Waals surface area contributed by atoms with Crippen LogP contribution < -0.4 is 10.9 Å². The van der Waals surface area contributed by atoms with Gasteiger partial charge in [-0.05, 0) is 41.2 Å². The first-order chi connectivity index (χ1) is 15.6. The number of furan rings is 1. The zero-order valence-corrected chi connectivity index (χ0v) is 19.3. The highest BCUT2D eigenvalue weighted by Crippen LogP contribution is 2.26. The molecule has 4 aromatic rings. The molecule has 0 saturated heterocycles. The number of aromatic amines is 1. The van der Waals surface area contributed by atoms with Gasteiger partial charge in [0.05, 0.1) is 12.0 Å². The van der Waals surface area contributed by atoms with Crippen LogP contribution in [0.4, 0.5) is 5.82 Å². The normalized spacial score (nSPS) is 11.7. The maximum absolute atomic E-state index is 13.0. The third-order valence-corrected chi connectivity index (χ3v) is 5.28. The van der Waals surface area contributed by atoms with Crippen molar-refractivity contribution in [2.45, 2.75) is 46.0 Å². The number of aromatic nitrogens is 4. The standard InChI is InChI=1S/C25H27N5O3/c1-15(2)18-14-22(31)28-24(26-18)30-21(13-19(29-30)20-7-6-12-33-20)27-23(32)16-8-10-17(11-9-16)25(3,4)5/h6-15H,1-5H3,(H,27,32)(H,26,28,31). The highest BCUT2D eigenvalue weighted by Gasteiger charge is 2.19. The molecule has 170 valence electrons. The molecule has 0 atom stereocenters. The average Bonchev–Trinajstić information content (AvgIpc) is 3.43. The Balaban J connectivity index is 1.73. The van der Waals surface area contributed by atoms with Crippen LogP contribution in [0.2, 0.25) is 0 Å². The molecule has 0 aliphatic rings. The molecule has 1 amide bonds. The molecule has 4 rings (SSSR count). The molecule has 3 heterocycles. The lowest BCUT2D eigenvalue weighted by molar-refractivity contribution is 0.102. The maximum atomic E-state index is 13.0. The SMILES string of the molecule is CC(C)c1cc(=O)[nH]c(-n2nc(-c3ccco3)cc2NC(=O)c2ccc(C(C)(C)C)cc2)n1. The van der Waals surface area contributed by atoms with E-state index in [0.717, 1.165) is 5.56 Å². The summed E-state index contributed by atoms with van der Waals surface area (Å²) in [6, 6.07) is 14.2. The number of nitrogens with one attached hydrogen (secondary N) is 2. The zero-order valence-electron chi connectivity index (χ0n) is 19.3. The first-order valence-corrected chi connectivity index (χ1v) is 10.8. The van der Waals surface area contributed by atoms with E-state index in [4.69, 9.17) is 4.42 Å². The first-order valence-electron chi connectivity index (χ1n) is 10.8. The second kappa shape index (κ2) is 8.54. The van der Waals surface area contributed by atoms with Crippen molar-refractivity contribution in [1.82, 2.24) is 19.7 Å². The van der Waals surface area contributed by atoms with Gasteiger partial charge >= 0.3 is 0 Å². The van der Waals surface area contributed by atoms with Gasteiger partial charge in [0.25, 0.3) is 11.5 Å². The topological polar surface area (TPSA) is 106 Å². The first kappa shape index (κ1) is 22.3. The molecule has 0 radical (unpaired) electrons. The monoisotopic (exact) mass is 445 g/mol. The molecule has 8 nitrogen and oxygen atoms in total. The summed E-state index contributed by atoms with van der Waals surface area (Å²) in [6.07, 6.45) is 1.54. The van der Waals surface area contributed by atoms with Crippen LogP contribution in [-0.2, 0) is 5.41 Å². The summed E-state index contributed by atoms with van der Waals surface area (Å²) in [5.41, 5.74) is 2.46. The van der Waals surface area contributed by atoms with Crippen LogP contribution in [0.25, 0.3) is 17.4 Å². The minimum Gasteiger partial charge on any atom is -0.463 e. The van der Waals surface area contributed by atoms with Crippen LogP contribution in [0.15, 0.2) is 64.0 Å². The molecule has 0 spiro atoms. The summed E-state index contributed by atoms with van der Waals surface area (Å²) < 4.78 is 6.87. The summed E-state index contributed by atoms with van der Waals surface area (Å²) in [5.74, 6) is 0.842. The van der Waals surface area contributed by atoms with Crippen molar-refractivity contribution in [1.29, 1.82) is 0 Å². The van der Waals surface area contributed by atoms with E-state index in [9.17, 15) is 9.59 Å². The van der Waals surface area contributed by atoms with Crippen molar-refractivity contribution in [3.8, 4) is 17.4 Å². The minimum atomic E-state index is -0.301. The highest BCUT2D eigenvalue weighted by atomic mass is 16.3.